The van der Waals surface area contributed by atoms with E-state index in [-0.39, 0.29) is 11.6 Å². The van der Waals surface area contributed by atoms with Gasteiger partial charge in [0.1, 0.15) is 5.52 Å². The highest BCUT2D eigenvalue weighted by atomic mass is 16.5. The third-order valence-corrected chi connectivity index (χ3v) is 4.83. The monoisotopic (exact) mass is 348 g/mol. The lowest BCUT2D eigenvalue weighted by Crippen LogP contribution is -2.24. The van der Waals surface area contributed by atoms with Gasteiger partial charge in [0, 0.05) is 17.1 Å². The normalized spacial score (nSPS) is 15.1. The highest BCUT2D eigenvalue weighted by molar-refractivity contribution is 5.81. The summed E-state index contributed by atoms with van der Waals surface area (Å²) in [5.41, 5.74) is 2.62. The summed E-state index contributed by atoms with van der Waals surface area (Å²) in [6.07, 6.45) is 8.92. The lowest BCUT2D eigenvalue weighted by Gasteiger charge is -2.15. The molecule has 0 amide bonds. The Bertz CT molecular complexity index is 1160. The molecule has 0 radical (unpaired) electrons. The van der Waals surface area contributed by atoms with Crippen LogP contribution in [0.1, 0.15) is 31.7 Å². The molecule has 26 heavy (non-hydrogen) atoms. The van der Waals surface area contributed by atoms with Gasteiger partial charge in [0.25, 0.3) is 5.56 Å². The van der Waals surface area contributed by atoms with E-state index in [2.05, 4.69) is 25.4 Å². The molecule has 0 spiro atoms. The van der Waals surface area contributed by atoms with Crippen LogP contribution in [0, 0.1) is 0 Å². The van der Waals surface area contributed by atoms with E-state index in [4.69, 9.17) is 4.52 Å². The van der Waals surface area contributed by atoms with Crippen molar-refractivity contribution in [3.63, 3.8) is 0 Å². The standard InChI is InChI=1S/C18H16N6O2/c25-16-10-19-14-9-20-18(23-17(14)24(16)13-3-1-2-4-13)22-12-5-6-15-11(7-12)8-21-26-15/h5-10,13H,1-4H2,(H,20,22,23). The van der Waals surface area contributed by atoms with E-state index in [1.165, 1.54) is 6.20 Å². The molecule has 0 unspecified atom stereocenters. The highest BCUT2D eigenvalue weighted by Crippen LogP contribution is 2.30. The molecule has 0 bridgehead atoms. The molecule has 1 N–H and O–H groups in total. The summed E-state index contributed by atoms with van der Waals surface area (Å²) in [6, 6.07) is 5.80. The SMILES string of the molecule is O=c1cnc2cnc(Nc3ccc4oncc4c3)nc2n1C1CCCC1. The summed E-state index contributed by atoms with van der Waals surface area (Å²) >= 11 is 0. The molecule has 1 aromatic carbocycles. The van der Waals surface area contributed by atoms with Crippen LogP contribution < -0.4 is 10.9 Å². The molecule has 130 valence electrons. The summed E-state index contributed by atoms with van der Waals surface area (Å²) in [7, 11) is 0. The smallest absolute Gasteiger partial charge is 0.270 e. The molecule has 1 aliphatic rings. The Morgan fingerprint density at radius 1 is 1.12 bits per heavy atom. The van der Waals surface area contributed by atoms with E-state index in [0.29, 0.717) is 22.7 Å². The van der Waals surface area contributed by atoms with Crippen LogP contribution in [0.2, 0.25) is 0 Å². The Hall–Kier alpha value is -3.29. The van der Waals surface area contributed by atoms with Gasteiger partial charge in [0.2, 0.25) is 5.95 Å². The van der Waals surface area contributed by atoms with Crippen molar-refractivity contribution in [3.8, 4) is 0 Å². The Morgan fingerprint density at radius 2 is 2.00 bits per heavy atom. The van der Waals surface area contributed by atoms with E-state index in [1.807, 2.05) is 18.2 Å². The number of fused-ring (bicyclic) bond motifs is 2. The topological polar surface area (TPSA) is 98.7 Å². The maximum absolute atomic E-state index is 12.4. The number of hydrogen-bond donors (Lipinski definition) is 1. The number of benzene rings is 1. The van der Waals surface area contributed by atoms with Crippen LogP contribution in [0.5, 0.6) is 0 Å². The summed E-state index contributed by atoms with van der Waals surface area (Å²) < 4.78 is 6.88. The molecule has 3 heterocycles. The molecule has 3 aromatic heterocycles. The number of nitrogens with one attached hydrogen (secondary N) is 1. The average molecular weight is 348 g/mol. The first-order chi connectivity index (χ1) is 12.8. The summed E-state index contributed by atoms with van der Waals surface area (Å²) in [4.78, 5) is 25.5. The number of anilines is 2. The van der Waals surface area contributed by atoms with Gasteiger partial charge in [-0.05, 0) is 31.0 Å². The number of hydrogen-bond acceptors (Lipinski definition) is 7. The first kappa shape index (κ1) is 15.0. The molecular formula is C18H16N6O2. The van der Waals surface area contributed by atoms with E-state index in [1.54, 1.807) is 17.0 Å². The lowest BCUT2D eigenvalue weighted by molar-refractivity contribution is 0.456. The van der Waals surface area contributed by atoms with E-state index in [0.717, 1.165) is 36.8 Å². The Morgan fingerprint density at radius 3 is 2.88 bits per heavy atom. The highest BCUT2D eigenvalue weighted by Gasteiger charge is 2.21. The molecule has 4 aromatic rings. The van der Waals surface area contributed by atoms with Gasteiger partial charge in [-0.2, -0.15) is 4.98 Å². The maximum Gasteiger partial charge on any atom is 0.270 e. The molecule has 1 saturated carbocycles. The lowest BCUT2D eigenvalue weighted by atomic mass is 10.2. The zero-order valence-electron chi connectivity index (χ0n) is 13.9. The van der Waals surface area contributed by atoms with Crippen LogP contribution in [0.3, 0.4) is 0 Å². The third kappa shape index (κ3) is 2.50. The Labute approximate surface area is 147 Å². The van der Waals surface area contributed by atoms with E-state index >= 15 is 0 Å². The van der Waals surface area contributed by atoms with Gasteiger partial charge in [0.15, 0.2) is 11.2 Å². The largest absolute Gasteiger partial charge is 0.356 e. The van der Waals surface area contributed by atoms with Gasteiger partial charge in [-0.3, -0.25) is 9.36 Å². The second-order valence-electron chi connectivity index (χ2n) is 6.51. The predicted molar refractivity (Wildman–Crippen MR) is 96.4 cm³/mol. The minimum atomic E-state index is -0.111. The van der Waals surface area contributed by atoms with Crippen molar-refractivity contribution < 1.29 is 4.52 Å². The zero-order valence-corrected chi connectivity index (χ0v) is 13.9. The van der Waals surface area contributed by atoms with Gasteiger partial charge < -0.3 is 9.84 Å². The third-order valence-electron chi connectivity index (χ3n) is 4.83. The summed E-state index contributed by atoms with van der Waals surface area (Å²) in [6.45, 7) is 0. The molecule has 1 aliphatic carbocycles. The molecule has 8 nitrogen and oxygen atoms in total. The maximum atomic E-state index is 12.4. The molecule has 5 rings (SSSR count). The Balaban J connectivity index is 1.57. The molecule has 0 aliphatic heterocycles. The zero-order chi connectivity index (χ0) is 17.5. The van der Waals surface area contributed by atoms with Gasteiger partial charge in [-0.1, -0.05) is 18.0 Å². The van der Waals surface area contributed by atoms with Crippen molar-refractivity contribution >= 4 is 33.8 Å². The fourth-order valence-electron chi connectivity index (χ4n) is 3.58. The van der Waals surface area contributed by atoms with Crippen molar-refractivity contribution in [1.29, 1.82) is 0 Å². The first-order valence-corrected chi connectivity index (χ1v) is 8.64. The van der Waals surface area contributed by atoms with E-state index < -0.39 is 0 Å². The molecule has 0 atom stereocenters. The van der Waals surface area contributed by atoms with Crippen LogP contribution in [-0.2, 0) is 0 Å². The molecule has 0 saturated heterocycles. The van der Waals surface area contributed by atoms with Crippen LogP contribution in [-0.4, -0.2) is 24.7 Å². The minimum absolute atomic E-state index is 0.111. The van der Waals surface area contributed by atoms with Crippen LogP contribution in [0.25, 0.3) is 22.1 Å². The van der Waals surface area contributed by atoms with Crippen LogP contribution in [0.4, 0.5) is 11.6 Å². The summed E-state index contributed by atoms with van der Waals surface area (Å²) in [5, 5.41) is 7.85. The number of aromatic nitrogens is 5. The number of nitrogens with zero attached hydrogens (tertiary/aromatic N) is 5. The quantitative estimate of drug-likeness (QED) is 0.607. The molecular weight excluding hydrogens is 332 g/mol. The first-order valence-electron chi connectivity index (χ1n) is 8.64. The van der Waals surface area contributed by atoms with Gasteiger partial charge >= 0.3 is 0 Å². The predicted octanol–water partition coefficient (Wildman–Crippen LogP) is 3.19. The van der Waals surface area contributed by atoms with Crippen LogP contribution >= 0.6 is 0 Å². The van der Waals surface area contributed by atoms with Crippen molar-refractivity contribution in [1.82, 2.24) is 24.7 Å². The number of rotatable bonds is 3. The summed E-state index contributed by atoms with van der Waals surface area (Å²) in [5.74, 6) is 0.424. The molecule has 8 heteroatoms. The van der Waals surface area contributed by atoms with Crippen molar-refractivity contribution in [2.75, 3.05) is 5.32 Å². The van der Waals surface area contributed by atoms with Crippen molar-refractivity contribution in [2.24, 2.45) is 0 Å². The second-order valence-corrected chi connectivity index (χ2v) is 6.51. The molecule has 1 fully saturated rings. The van der Waals surface area contributed by atoms with Crippen LogP contribution in [0.15, 0.2) is 46.1 Å². The van der Waals surface area contributed by atoms with Crippen molar-refractivity contribution in [2.45, 2.75) is 31.7 Å². The van der Waals surface area contributed by atoms with Gasteiger partial charge in [-0.25, -0.2) is 9.97 Å². The van der Waals surface area contributed by atoms with E-state index in [9.17, 15) is 4.79 Å². The van der Waals surface area contributed by atoms with Crippen molar-refractivity contribution in [3.05, 3.63) is 47.1 Å². The van der Waals surface area contributed by atoms with Gasteiger partial charge in [-0.15, -0.1) is 0 Å². The second kappa shape index (κ2) is 5.91. The fraction of sp³-hybridized carbons (Fsp3) is 0.278. The van der Waals surface area contributed by atoms with Gasteiger partial charge in [0.05, 0.1) is 18.6 Å². The Kier molecular flexibility index (Phi) is 3.41. The average Bonchev–Trinajstić information content (AvgIpc) is 3.32. The fourth-order valence-corrected chi connectivity index (χ4v) is 3.58. The minimum Gasteiger partial charge on any atom is -0.356 e.